The summed E-state index contributed by atoms with van der Waals surface area (Å²) in [5.41, 5.74) is 0.138. The summed E-state index contributed by atoms with van der Waals surface area (Å²) >= 11 is 0. The number of nitrogens with one attached hydrogen (secondary N) is 1. The van der Waals surface area contributed by atoms with Gasteiger partial charge in [-0.25, -0.2) is 8.78 Å². The van der Waals surface area contributed by atoms with E-state index in [4.69, 9.17) is 5.11 Å². The van der Waals surface area contributed by atoms with Gasteiger partial charge in [-0.3, -0.25) is 4.90 Å². The van der Waals surface area contributed by atoms with Gasteiger partial charge in [0.25, 0.3) is 5.92 Å². The molecule has 23 heavy (non-hydrogen) atoms. The molecule has 1 aliphatic heterocycles. The summed E-state index contributed by atoms with van der Waals surface area (Å²) in [6.45, 7) is -2.50. The number of aliphatic hydroxyl groups is 1. The van der Waals surface area contributed by atoms with Crippen molar-refractivity contribution < 1.29 is 27.4 Å². The van der Waals surface area contributed by atoms with Gasteiger partial charge in [0, 0.05) is 26.2 Å². The van der Waals surface area contributed by atoms with Crippen LogP contribution < -0.4 is 10.1 Å². The van der Waals surface area contributed by atoms with Crippen molar-refractivity contribution in [3.63, 3.8) is 0 Å². The van der Waals surface area contributed by atoms with E-state index in [1.165, 1.54) is 29.2 Å². The molecule has 1 saturated heterocycles. The molecule has 2 rings (SSSR count). The van der Waals surface area contributed by atoms with Gasteiger partial charge in [0.15, 0.2) is 0 Å². The highest BCUT2D eigenvalue weighted by atomic mass is 35.5. The Kier molecular flexibility index (Phi) is 7.53. The summed E-state index contributed by atoms with van der Waals surface area (Å²) in [7, 11) is 0. The number of rotatable bonds is 6. The largest absolute Gasteiger partial charge is 0.435 e. The highest BCUT2D eigenvalue weighted by molar-refractivity contribution is 5.85. The Morgan fingerprint density at radius 2 is 1.91 bits per heavy atom. The molecule has 0 radical (unpaired) electrons. The Hall–Kier alpha value is -1.09. The maximum absolute atomic E-state index is 14.2. The quantitative estimate of drug-likeness (QED) is 0.766. The molecule has 1 aromatic rings. The number of alkyl halides is 4. The van der Waals surface area contributed by atoms with Gasteiger partial charge < -0.3 is 15.2 Å². The Bertz CT molecular complexity index is 488. The summed E-state index contributed by atoms with van der Waals surface area (Å²) in [5, 5.41) is 12.1. The third-order valence-corrected chi connectivity index (χ3v) is 3.53. The number of aliphatic hydroxyl groups excluding tert-OH is 1. The van der Waals surface area contributed by atoms with Crippen molar-refractivity contribution in [2.75, 3.05) is 32.8 Å². The van der Waals surface area contributed by atoms with Gasteiger partial charge in [0.05, 0.1) is 0 Å². The third kappa shape index (κ3) is 5.20. The van der Waals surface area contributed by atoms with Crippen LogP contribution in [-0.2, 0) is 0 Å². The fourth-order valence-electron chi connectivity index (χ4n) is 2.61. The molecule has 0 bridgehead atoms. The first-order valence-corrected chi connectivity index (χ1v) is 6.92. The number of hydrogen-bond acceptors (Lipinski definition) is 4. The predicted octanol–water partition coefficient (Wildman–Crippen LogP) is 2.28. The minimum Gasteiger partial charge on any atom is -0.435 e. The zero-order valence-electron chi connectivity index (χ0n) is 12.2. The lowest BCUT2D eigenvalue weighted by Gasteiger charge is -2.38. The molecule has 9 heteroatoms. The first kappa shape index (κ1) is 20.0. The lowest BCUT2D eigenvalue weighted by atomic mass is 9.98. The molecule has 1 heterocycles. The number of nitrogens with zero attached hydrogens (tertiary/aromatic N) is 1. The van der Waals surface area contributed by atoms with Crippen molar-refractivity contribution in [2.45, 2.75) is 18.6 Å². The monoisotopic (exact) mass is 358 g/mol. The standard InChI is InChI=1S/C14H18F4N2O2.ClH/c15-13(16)22-11-3-1-2-10(8-11)12(14(17,18)9-21)20-6-4-19-5-7-20;/h1-3,8,12-13,19,21H,4-7,9H2;1H/t12-;/m0./s1. The number of benzene rings is 1. The second kappa shape index (κ2) is 8.68. The highest BCUT2D eigenvalue weighted by Gasteiger charge is 2.44. The van der Waals surface area contributed by atoms with Gasteiger partial charge in [-0.15, -0.1) is 12.4 Å². The van der Waals surface area contributed by atoms with Crippen molar-refractivity contribution in [2.24, 2.45) is 0 Å². The smallest absolute Gasteiger partial charge is 0.387 e. The normalized spacial score (nSPS) is 17.7. The fourth-order valence-corrected chi connectivity index (χ4v) is 2.61. The van der Waals surface area contributed by atoms with Crippen molar-refractivity contribution in [3.05, 3.63) is 29.8 Å². The molecule has 0 amide bonds. The maximum Gasteiger partial charge on any atom is 0.387 e. The van der Waals surface area contributed by atoms with E-state index >= 15 is 0 Å². The summed E-state index contributed by atoms with van der Waals surface area (Å²) < 4.78 is 57.2. The topological polar surface area (TPSA) is 44.7 Å². The fraction of sp³-hybridized carbons (Fsp3) is 0.571. The van der Waals surface area contributed by atoms with Crippen molar-refractivity contribution in [1.29, 1.82) is 0 Å². The minimum atomic E-state index is -3.39. The van der Waals surface area contributed by atoms with Crippen molar-refractivity contribution >= 4 is 12.4 Å². The minimum absolute atomic E-state index is 0. The molecule has 4 nitrogen and oxygen atoms in total. The Balaban J connectivity index is 0.00000264. The molecule has 0 aliphatic carbocycles. The molecule has 1 aromatic carbocycles. The third-order valence-electron chi connectivity index (χ3n) is 3.53. The zero-order chi connectivity index (χ0) is 16.2. The van der Waals surface area contributed by atoms with E-state index in [9.17, 15) is 17.6 Å². The first-order chi connectivity index (χ1) is 10.4. The van der Waals surface area contributed by atoms with Crippen LogP contribution in [0.25, 0.3) is 0 Å². The molecule has 0 aromatic heterocycles. The maximum atomic E-state index is 14.2. The van der Waals surface area contributed by atoms with E-state index in [1.807, 2.05) is 0 Å². The van der Waals surface area contributed by atoms with Gasteiger partial charge >= 0.3 is 6.61 Å². The molecule has 0 spiro atoms. The average molecular weight is 359 g/mol. The molecule has 1 atom stereocenters. The Labute approximate surface area is 137 Å². The van der Waals surface area contributed by atoms with E-state index in [2.05, 4.69) is 10.1 Å². The lowest BCUT2D eigenvalue weighted by Crippen LogP contribution is -2.51. The molecular weight excluding hydrogens is 340 g/mol. The van der Waals surface area contributed by atoms with E-state index in [0.29, 0.717) is 26.2 Å². The van der Waals surface area contributed by atoms with Crippen LogP contribution in [0.4, 0.5) is 17.6 Å². The number of halogens is 5. The molecule has 0 unspecified atom stereocenters. The van der Waals surface area contributed by atoms with E-state index in [0.717, 1.165) is 0 Å². The molecule has 132 valence electrons. The molecular formula is C14H19ClF4N2O2. The lowest BCUT2D eigenvalue weighted by molar-refractivity contribution is -0.118. The van der Waals surface area contributed by atoms with Gasteiger partial charge in [-0.1, -0.05) is 12.1 Å². The van der Waals surface area contributed by atoms with Crippen LogP contribution in [-0.4, -0.2) is 55.3 Å². The molecule has 1 aliphatic rings. The summed E-state index contributed by atoms with van der Waals surface area (Å²) in [4.78, 5) is 1.54. The van der Waals surface area contributed by atoms with E-state index < -0.39 is 25.2 Å². The SMILES string of the molecule is Cl.OCC(F)(F)[C@H](c1cccc(OC(F)F)c1)N1CCNCC1. The number of ether oxygens (including phenoxy) is 1. The van der Waals surface area contributed by atoms with Crippen LogP contribution in [0.3, 0.4) is 0 Å². The van der Waals surface area contributed by atoms with Crippen LogP contribution in [0.15, 0.2) is 24.3 Å². The van der Waals surface area contributed by atoms with Crippen LogP contribution in [0, 0.1) is 0 Å². The van der Waals surface area contributed by atoms with Crippen LogP contribution in [0.2, 0.25) is 0 Å². The van der Waals surface area contributed by atoms with Gasteiger partial charge in [-0.2, -0.15) is 8.78 Å². The number of hydrogen-bond donors (Lipinski definition) is 2. The summed E-state index contributed by atoms with van der Waals surface area (Å²) in [6.07, 6.45) is 0. The van der Waals surface area contributed by atoms with E-state index in [-0.39, 0.29) is 23.7 Å². The first-order valence-electron chi connectivity index (χ1n) is 6.92. The van der Waals surface area contributed by atoms with Gasteiger partial charge in [0.1, 0.15) is 18.4 Å². The Morgan fingerprint density at radius 3 is 2.48 bits per heavy atom. The molecule has 1 fully saturated rings. The Morgan fingerprint density at radius 1 is 1.26 bits per heavy atom. The molecule has 0 saturated carbocycles. The van der Waals surface area contributed by atoms with Crippen LogP contribution in [0.5, 0.6) is 5.75 Å². The second-order valence-corrected chi connectivity index (χ2v) is 5.06. The van der Waals surface area contributed by atoms with Crippen molar-refractivity contribution in [3.8, 4) is 5.75 Å². The van der Waals surface area contributed by atoms with Crippen LogP contribution >= 0.6 is 12.4 Å². The van der Waals surface area contributed by atoms with Gasteiger partial charge in [-0.05, 0) is 17.7 Å². The highest BCUT2D eigenvalue weighted by Crippen LogP contribution is 2.37. The summed E-state index contributed by atoms with van der Waals surface area (Å²) in [5.74, 6) is -3.57. The van der Waals surface area contributed by atoms with Gasteiger partial charge in [0.2, 0.25) is 0 Å². The average Bonchev–Trinajstić information content (AvgIpc) is 2.48. The van der Waals surface area contributed by atoms with Crippen molar-refractivity contribution in [1.82, 2.24) is 10.2 Å². The predicted molar refractivity (Wildman–Crippen MR) is 79.5 cm³/mol. The second-order valence-electron chi connectivity index (χ2n) is 5.06. The zero-order valence-corrected chi connectivity index (χ0v) is 13.0. The van der Waals surface area contributed by atoms with Crippen LogP contribution in [0.1, 0.15) is 11.6 Å². The molecule has 2 N–H and O–H groups in total. The summed E-state index contributed by atoms with van der Waals surface area (Å²) in [6, 6.07) is 3.87. The number of piperazine rings is 1. The van der Waals surface area contributed by atoms with E-state index in [1.54, 1.807) is 0 Å².